The summed E-state index contributed by atoms with van der Waals surface area (Å²) in [5.41, 5.74) is 6.48. The topological polar surface area (TPSA) is 115 Å². The molecule has 0 spiro atoms. The molecule has 1 heterocycles. The zero-order valence-corrected chi connectivity index (χ0v) is 11.4. The van der Waals surface area contributed by atoms with Crippen molar-refractivity contribution in [2.45, 2.75) is 13.5 Å². The second kappa shape index (κ2) is 5.58. The smallest absolute Gasteiger partial charge is 0.269 e. The van der Waals surface area contributed by atoms with Gasteiger partial charge in [-0.05, 0) is 36.8 Å². The van der Waals surface area contributed by atoms with Crippen LogP contribution in [0.1, 0.15) is 12.5 Å². The van der Waals surface area contributed by atoms with Gasteiger partial charge >= 0.3 is 0 Å². The Kier molecular flexibility index (Phi) is 3.84. The number of nitrogens with two attached hydrogens (primary N) is 1. The highest BCUT2D eigenvalue weighted by Crippen LogP contribution is 2.21. The van der Waals surface area contributed by atoms with Crippen LogP contribution in [0.25, 0.3) is 11.3 Å². The highest BCUT2D eigenvalue weighted by Gasteiger charge is 2.12. The summed E-state index contributed by atoms with van der Waals surface area (Å²) in [5.74, 6) is -0.280. The van der Waals surface area contributed by atoms with Crippen LogP contribution in [-0.2, 0) is 6.54 Å². The molecule has 0 radical (unpaired) electrons. The van der Waals surface area contributed by atoms with E-state index in [0.717, 1.165) is 0 Å². The lowest BCUT2D eigenvalue weighted by atomic mass is 10.1. The van der Waals surface area contributed by atoms with Crippen molar-refractivity contribution < 1.29 is 4.92 Å². The van der Waals surface area contributed by atoms with E-state index in [0.29, 0.717) is 17.8 Å². The largest absolute Gasteiger partial charge is 0.384 e. The number of rotatable bonds is 4. The third-order valence-corrected chi connectivity index (χ3v) is 3.15. The molecule has 2 rings (SSSR count). The van der Waals surface area contributed by atoms with E-state index in [2.05, 4.69) is 0 Å². The quantitative estimate of drug-likeness (QED) is 0.385. The fraction of sp³-hybridized carbons (Fsp3) is 0.143. The first-order valence-corrected chi connectivity index (χ1v) is 6.28. The van der Waals surface area contributed by atoms with E-state index in [-0.39, 0.29) is 22.6 Å². The molecular weight excluding hydrogens is 272 g/mol. The molecule has 3 N–H and O–H groups in total. The predicted molar refractivity (Wildman–Crippen MR) is 79.5 cm³/mol. The van der Waals surface area contributed by atoms with E-state index in [1.54, 1.807) is 25.1 Å². The predicted octanol–water partition coefficient (Wildman–Crippen LogP) is 1.73. The number of amidine groups is 1. The van der Waals surface area contributed by atoms with Crippen molar-refractivity contribution in [1.29, 1.82) is 5.41 Å². The summed E-state index contributed by atoms with van der Waals surface area (Å²) in [7, 11) is 0. The van der Waals surface area contributed by atoms with Crippen molar-refractivity contribution in [2.24, 2.45) is 5.73 Å². The summed E-state index contributed by atoms with van der Waals surface area (Å²) in [6.07, 6.45) is 0. The number of nitrogens with one attached hydrogen (secondary N) is 1. The van der Waals surface area contributed by atoms with Gasteiger partial charge in [0.2, 0.25) is 0 Å². The number of nitrogens with zero attached hydrogens (tertiary/aromatic N) is 2. The van der Waals surface area contributed by atoms with E-state index < -0.39 is 4.92 Å². The van der Waals surface area contributed by atoms with Crippen molar-refractivity contribution in [2.75, 3.05) is 0 Å². The lowest BCUT2D eigenvalue weighted by Crippen LogP contribution is -2.29. The van der Waals surface area contributed by atoms with Gasteiger partial charge in [0.05, 0.1) is 16.2 Å². The molecule has 7 nitrogen and oxygen atoms in total. The van der Waals surface area contributed by atoms with E-state index in [1.165, 1.54) is 22.8 Å². The van der Waals surface area contributed by atoms with Crippen LogP contribution < -0.4 is 11.3 Å². The van der Waals surface area contributed by atoms with Crippen molar-refractivity contribution in [1.82, 2.24) is 4.57 Å². The summed E-state index contributed by atoms with van der Waals surface area (Å²) in [4.78, 5) is 22.4. The normalized spacial score (nSPS) is 10.3. The van der Waals surface area contributed by atoms with Crippen LogP contribution >= 0.6 is 0 Å². The lowest BCUT2D eigenvalue weighted by molar-refractivity contribution is -0.384. The Morgan fingerprint density at radius 2 is 1.90 bits per heavy atom. The first-order valence-electron chi connectivity index (χ1n) is 6.28. The summed E-state index contributed by atoms with van der Waals surface area (Å²) in [6.45, 7) is 2.21. The Morgan fingerprint density at radius 3 is 2.38 bits per heavy atom. The molecule has 1 aromatic heterocycles. The third kappa shape index (κ3) is 2.66. The molecule has 2 aromatic rings. The molecule has 0 atom stereocenters. The number of non-ortho nitro benzene ring substituents is 1. The van der Waals surface area contributed by atoms with Gasteiger partial charge in [-0.2, -0.15) is 0 Å². The number of aromatic nitrogens is 1. The number of pyridine rings is 1. The minimum Gasteiger partial charge on any atom is -0.384 e. The van der Waals surface area contributed by atoms with E-state index >= 15 is 0 Å². The number of hydrogen-bond acceptors (Lipinski definition) is 4. The Hall–Kier alpha value is -2.96. The molecule has 0 saturated heterocycles. The van der Waals surface area contributed by atoms with Gasteiger partial charge in [-0.15, -0.1) is 0 Å². The summed E-state index contributed by atoms with van der Waals surface area (Å²) >= 11 is 0. The van der Waals surface area contributed by atoms with Crippen molar-refractivity contribution in [3.05, 3.63) is 62.4 Å². The van der Waals surface area contributed by atoms with Gasteiger partial charge < -0.3 is 10.3 Å². The summed E-state index contributed by atoms with van der Waals surface area (Å²) in [6, 6.07) is 9.13. The highest BCUT2D eigenvalue weighted by molar-refractivity contribution is 5.94. The maximum absolute atomic E-state index is 12.2. The Labute approximate surface area is 120 Å². The van der Waals surface area contributed by atoms with Crippen LogP contribution in [0.3, 0.4) is 0 Å². The standard InChI is InChI=1S/C14H14N4O3/c1-2-17-12(8-7-11(13(15)16)14(17)19)9-3-5-10(6-4-9)18(20)21/h3-8H,2H2,1H3,(H3,15,16). The van der Waals surface area contributed by atoms with Crippen LogP contribution in [0.5, 0.6) is 0 Å². The van der Waals surface area contributed by atoms with Gasteiger partial charge in [-0.1, -0.05) is 0 Å². The fourth-order valence-corrected chi connectivity index (χ4v) is 2.10. The molecular formula is C14H14N4O3. The first kappa shape index (κ1) is 14.4. The molecule has 0 aliphatic heterocycles. The van der Waals surface area contributed by atoms with Gasteiger partial charge in [-0.25, -0.2) is 0 Å². The molecule has 7 heteroatoms. The molecule has 0 bridgehead atoms. The monoisotopic (exact) mass is 286 g/mol. The minimum atomic E-state index is -0.477. The maximum atomic E-state index is 12.2. The minimum absolute atomic E-state index is 0.00972. The average molecular weight is 286 g/mol. The highest BCUT2D eigenvalue weighted by atomic mass is 16.6. The molecule has 1 aromatic carbocycles. The molecule has 21 heavy (non-hydrogen) atoms. The van der Waals surface area contributed by atoms with Crippen LogP contribution in [0, 0.1) is 15.5 Å². The van der Waals surface area contributed by atoms with Gasteiger partial charge in [-0.3, -0.25) is 20.3 Å². The zero-order valence-electron chi connectivity index (χ0n) is 11.4. The van der Waals surface area contributed by atoms with E-state index in [1.807, 2.05) is 0 Å². The molecule has 0 aliphatic carbocycles. The number of benzene rings is 1. The molecule has 108 valence electrons. The van der Waals surface area contributed by atoms with Gasteiger partial charge in [0.1, 0.15) is 5.84 Å². The Balaban J connectivity index is 2.59. The zero-order chi connectivity index (χ0) is 15.6. The molecule has 0 unspecified atom stereocenters. The third-order valence-electron chi connectivity index (χ3n) is 3.15. The van der Waals surface area contributed by atoms with Gasteiger partial charge in [0, 0.05) is 18.7 Å². The number of nitrogen functional groups attached to an aromatic ring is 1. The van der Waals surface area contributed by atoms with Crippen molar-refractivity contribution >= 4 is 11.5 Å². The SMILES string of the molecule is CCn1c(-c2ccc([N+](=O)[O-])cc2)ccc(C(=N)N)c1=O. The Bertz CT molecular complexity index is 763. The van der Waals surface area contributed by atoms with Crippen LogP contribution in [0.15, 0.2) is 41.2 Å². The molecule has 0 aliphatic rings. The van der Waals surface area contributed by atoms with Gasteiger partial charge in [0.15, 0.2) is 0 Å². The number of nitro benzene ring substituents is 1. The number of nitro groups is 1. The molecule has 0 saturated carbocycles. The van der Waals surface area contributed by atoms with Crippen LogP contribution in [-0.4, -0.2) is 15.3 Å². The van der Waals surface area contributed by atoms with E-state index in [4.69, 9.17) is 11.1 Å². The second-order valence-electron chi connectivity index (χ2n) is 4.40. The van der Waals surface area contributed by atoms with Crippen molar-refractivity contribution in [3.63, 3.8) is 0 Å². The van der Waals surface area contributed by atoms with Crippen LogP contribution in [0.4, 0.5) is 5.69 Å². The maximum Gasteiger partial charge on any atom is 0.269 e. The lowest BCUT2D eigenvalue weighted by Gasteiger charge is -2.12. The summed E-state index contributed by atoms with van der Waals surface area (Å²) < 4.78 is 1.48. The van der Waals surface area contributed by atoms with Crippen molar-refractivity contribution in [3.8, 4) is 11.3 Å². The summed E-state index contributed by atoms with van der Waals surface area (Å²) in [5, 5.41) is 18.0. The molecule has 0 fully saturated rings. The fourth-order valence-electron chi connectivity index (χ4n) is 2.10. The molecule has 0 amide bonds. The van der Waals surface area contributed by atoms with E-state index in [9.17, 15) is 14.9 Å². The second-order valence-corrected chi connectivity index (χ2v) is 4.40. The average Bonchev–Trinajstić information content (AvgIpc) is 2.46. The van der Waals surface area contributed by atoms with Crippen LogP contribution in [0.2, 0.25) is 0 Å². The first-order chi connectivity index (χ1) is 9.95. The van der Waals surface area contributed by atoms with Gasteiger partial charge in [0.25, 0.3) is 11.2 Å². The Morgan fingerprint density at radius 1 is 1.29 bits per heavy atom. The number of hydrogen-bond donors (Lipinski definition) is 2.